The normalized spacial score (nSPS) is 10.5. The molecule has 0 aliphatic carbocycles. The molecule has 4 nitrogen and oxygen atoms in total. The first-order valence-electron chi connectivity index (χ1n) is 5.25. The van der Waals surface area contributed by atoms with E-state index in [2.05, 4.69) is 9.97 Å². The van der Waals surface area contributed by atoms with Crippen LogP contribution in [0.2, 0.25) is 0 Å². The summed E-state index contributed by atoms with van der Waals surface area (Å²) < 4.78 is 13.5. The zero-order valence-corrected chi connectivity index (χ0v) is 9.11. The highest BCUT2D eigenvalue weighted by molar-refractivity contribution is 5.55. The lowest BCUT2D eigenvalue weighted by Gasteiger charge is -2.03. The fraction of sp³-hybridized carbons (Fsp3) is 0.167. The van der Waals surface area contributed by atoms with E-state index in [-0.39, 0.29) is 16.9 Å². The van der Waals surface area contributed by atoms with Crippen LogP contribution < -0.4 is 11.3 Å². The van der Waals surface area contributed by atoms with Crippen LogP contribution in [0.4, 0.5) is 4.39 Å². The van der Waals surface area contributed by atoms with Gasteiger partial charge in [0.2, 0.25) is 0 Å². The van der Waals surface area contributed by atoms with Gasteiger partial charge >= 0.3 is 0 Å². The molecule has 0 saturated heterocycles. The number of H-pyrrole nitrogens is 1. The Hall–Kier alpha value is -2.01. The molecule has 0 amide bonds. The third-order valence-electron chi connectivity index (χ3n) is 2.42. The van der Waals surface area contributed by atoms with Crippen molar-refractivity contribution in [3.8, 4) is 11.4 Å². The molecule has 0 aliphatic rings. The Morgan fingerprint density at radius 2 is 2.12 bits per heavy atom. The lowest BCUT2D eigenvalue weighted by molar-refractivity contribution is 0.629. The number of aromatic amines is 1. The van der Waals surface area contributed by atoms with Gasteiger partial charge in [-0.2, -0.15) is 0 Å². The van der Waals surface area contributed by atoms with E-state index in [0.29, 0.717) is 18.5 Å². The smallest absolute Gasteiger partial charge is 0.254 e. The fourth-order valence-corrected chi connectivity index (χ4v) is 1.54. The predicted molar refractivity (Wildman–Crippen MR) is 63.0 cm³/mol. The van der Waals surface area contributed by atoms with Crippen molar-refractivity contribution in [1.29, 1.82) is 0 Å². The highest BCUT2D eigenvalue weighted by atomic mass is 19.1. The molecule has 0 radical (unpaired) electrons. The molecule has 1 heterocycles. The molecular weight excluding hydrogens is 221 g/mol. The number of aromatic nitrogens is 2. The monoisotopic (exact) mass is 233 g/mol. The highest BCUT2D eigenvalue weighted by Crippen LogP contribution is 2.16. The molecular formula is C12H12FN3O. The van der Waals surface area contributed by atoms with Crippen molar-refractivity contribution < 1.29 is 4.39 Å². The first-order chi connectivity index (χ1) is 8.22. The summed E-state index contributed by atoms with van der Waals surface area (Å²) >= 11 is 0. The van der Waals surface area contributed by atoms with Crippen LogP contribution in [0.15, 0.2) is 35.3 Å². The van der Waals surface area contributed by atoms with Gasteiger partial charge in [-0.15, -0.1) is 0 Å². The SMILES string of the molecule is NCCc1cnc(-c2ccccc2F)[nH]c1=O. The molecule has 5 heteroatoms. The Labute approximate surface area is 97.3 Å². The van der Waals surface area contributed by atoms with E-state index in [1.165, 1.54) is 12.3 Å². The van der Waals surface area contributed by atoms with Gasteiger partial charge in [-0.05, 0) is 25.1 Å². The first-order valence-corrected chi connectivity index (χ1v) is 5.25. The summed E-state index contributed by atoms with van der Waals surface area (Å²) in [5.41, 5.74) is 5.88. The van der Waals surface area contributed by atoms with Gasteiger partial charge in [0.25, 0.3) is 5.56 Å². The first kappa shape index (κ1) is 11.5. The summed E-state index contributed by atoms with van der Waals surface area (Å²) in [6.45, 7) is 0.379. The fourth-order valence-electron chi connectivity index (χ4n) is 1.54. The van der Waals surface area contributed by atoms with Crippen LogP contribution in [0, 0.1) is 5.82 Å². The Morgan fingerprint density at radius 1 is 1.35 bits per heavy atom. The number of nitrogens with two attached hydrogens (primary N) is 1. The van der Waals surface area contributed by atoms with Crippen molar-refractivity contribution in [2.75, 3.05) is 6.54 Å². The second kappa shape index (κ2) is 4.88. The quantitative estimate of drug-likeness (QED) is 0.833. The minimum absolute atomic E-state index is 0.230. The summed E-state index contributed by atoms with van der Waals surface area (Å²) in [5, 5.41) is 0. The van der Waals surface area contributed by atoms with Gasteiger partial charge in [0.05, 0.1) is 5.56 Å². The Kier molecular flexibility index (Phi) is 3.30. The minimum atomic E-state index is -0.415. The average Bonchev–Trinajstić information content (AvgIpc) is 2.33. The molecule has 0 unspecified atom stereocenters. The summed E-state index contributed by atoms with van der Waals surface area (Å²) in [7, 11) is 0. The summed E-state index contributed by atoms with van der Waals surface area (Å²) in [5.74, 6) is -0.184. The molecule has 3 N–H and O–H groups in total. The Morgan fingerprint density at radius 3 is 2.76 bits per heavy atom. The van der Waals surface area contributed by atoms with Crippen molar-refractivity contribution in [3.63, 3.8) is 0 Å². The molecule has 2 rings (SSSR count). The number of nitrogens with one attached hydrogen (secondary N) is 1. The molecule has 17 heavy (non-hydrogen) atoms. The maximum absolute atomic E-state index is 13.5. The number of halogens is 1. The van der Waals surface area contributed by atoms with Gasteiger partial charge in [-0.25, -0.2) is 9.37 Å². The third-order valence-corrected chi connectivity index (χ3v) is 2.42. The molecule has 2 aromatic rings. The minimum Gasteiger partial charge on any atom is -0.330 e. The van der Waals surface area contributed by atoms with Gasteiger partial charge < -0.3 is 10.7 Å². The van der Waals surface area contributed by atoms with Crippen LogP contribution in [0.3, 0.4) is 0 Å². The van der Waals surface area contributed by atoms with Gasteiger partial charge in [0.15, 0.2) is 0 Å². The molecule has 0 aliphatic heterocycles. The lowest BCUT2D eigenvalue weighted by Crippen LogP contribution is -2.18. The van der Waals surface area contributed by atoms with Gasteiger partial charge in [-0.1, -0.05) is 12.1 Å². The van der Waals surface area contributed by atoms with Gasteiger partial charge in [0, 0.05) is 11.8 Å². The second-order valence-electron chi connectivity index (χ2n) is 3.60. The van der Waals surface area contributed by atoms with Crippen LogP contribution >= 0.6 is 0 Å². The molecule has 1 aromatic heterocycles. The van der Waals surface area contributed by atoms with E-state index in [9.17, 15) is 9.18 Å². The van der Waals surface area contributed by atoms with E-state index in [4.69, 9.17) is 5.73 Å². The molecule has 0 saturated carbocycles. The third kappa shape index (κ3) is 2.39. The van der Waals surface area contributed by atoms with E-state index in [1.807, 2.05) is 0 Å². The molecule has 0 fully saturated rings. The van der Waals surface area contributed by atoms with Crippen LogP contribution in [0.5, 0.6) is 0 Å². The van der Waals surface area contributed by atoms with E-state index >= 15 is 0 Å². The maximum atomic E-state index is 13.5. The van der Waals surface area contributed by atoms with Crippen LogP contribution in [0.1, 0.15) is 5.56 Å². The van der Waals surface area contributed by atoms with Crippen molar-refractivity contribution in [2.24, 2.45) is 5.73 Å². The molecule has 88 valence electrons. The summed E-state index contributed by atoms with van der Waals surface area (Å²) in [4.78, 5) is 18.2. The zero-order chi connectivity index (χ0) is 12.3. The topological polar surface area (TPSA) is 71.8 Å². The van der Waals surface area contributed by atoms with Crippen molar-refractivity contribution in [1.82, 2.24) is 9.97 Å². The Bertz CT molecular complexity index is 580. The zero-order valence-electron chi connectivity index (χ0n) is 9.11. The van der Waals surface area contributed by atoms with E-state index in [0.717, 1.165) is 0 Å². The lowest BCUT2D eigenvalue weighted by atomic mass is 10.2. The maximum Gasteiger partial charge on any atom is 0.254 e. The van der Waals surface area contributed by atoms with Gasteiger partial charge in [-0.3, -0.25) is 4.79 Å². The van der Waals surface area contributed by atoms with Crippen LogP contribution in [-0.2, 0) is 6.42 Å². The molecule has 1 aromatic carbocycles. The molecule has 0 atom stereocenters. The molecule has 0 spiro atoms. The van der Waals surface area contributed by atoms with Crippen LogP contribution in [-0.4, -0.2) is 16.5 Å². The largest absolute Gasteiger partial charge is 0.330 e. The highest BCUT2D eigenvalue weighted by Gasteiger charge is 2.07. The van der Waals surface area contributed by atoms with Crippen molar-refractivity contribution in [2.45, 2.75) is 6.42 Å². The number of rotatable bonds is 3. The van der Waals surface area contributed by atoms with Crippen molar-refractivity contribution >= 4 is 0 Å². The average molecular weight is 233 g/mol. The summed E-state index contributed by atoms with van der Waals surface area (Å²) in [6.07, 6.45) is 1.90. The number of nitrogens with zero attached hydrogens (tertiary/aromatic N) is 1. The second-order valence-corrected chi connectivity index (χ2v) is 3.60. The van der Waals surface area contributed by atoms with Crippen LogP contribution in [0.25, 0.3) is 11.4 Å². The van der Waals surface area contributed by atoms with Gasteiger partial charge in [0.1, 0.15) is 11.6 Å². The predicted octanol–water partition coefficient (Wildman–Crippen LogP) is 1.08. The van der Waals surface area contributed by atoms with E-state index in [1.54, 1.807) is 18.2 Å². The summed E-state index contributed by atoms with van der Waals surface area (Å²) in [6, 6.07) is 6.16. The standard InChI is InChI=1S/C12H12FN3O/c13-10-4-2-1-3-9(10)11-15-7-8(5-6-14)12(17)16-11/h1-4,7H,5-6,14H2,(H,15,16,17). The van der Waals surface area contributed by atoms with Crippen molar-refractivity contribution in [3.05, 3.63) is 52.2 Å². The Balaban J connectivity index is 2.45. The molecule has 0 bridgehead atoms. The van der Waals surface area contributed by atoms with E-state index < -0.39 is 5.82 Å². The number of hydrogen-bond donors (Lipinski definition) is 2. The number of benzene rings is 1. The number of hydrogen-bond acceptors (Lipinski definition) is 3.